The molecule has 1 aliphatic carbocycles. The van der Waals surface area contributed by atoms with Crippen molar-refractivity contribution < 1.29 is 9.47 Å². The number of rotatable bonds is 1. The van der Waals surface area contributed by atoms with Crippen LogP contribution in [0.5, 0.6) is 0 Å². The van der Waals surface area contributed by atoms with Gasteiger partial charge in [-0.15, -0.1) is 0 Å². The molecular formula is C12H18O2. The summed E-state index contributed by atoms with van der Waals surface area (Å²) in [5.74, 6) is 0.969. The second kappa shape index (κ2) is 2.53. The van der Waals surface area contributed by atoms with Gasteiger partial charge in [0.1, 0.15) is 0 Å². The highest BCUT2D eigenvalue weighted by Crippen LogP contribution is 2.52. The summed E-state index contributed by atoms with van der Waals surface area (Å²) < 4.78 is 12.3. The highest BCUT2D eigenvalue weighted by molar-refractivity contribution is 5.05. The van der Waals surface area contributed by atoms with E-state index in [2.05, 4.69) is 0 Å². The second-order valence-corrected chi connectivity index (χ2v) is 5.70. The van der Waals surface area contributed by atoms with Crippen LogP contribution in [0, 0.1) is 5.92 Å². The number of fused-ring (bicyclic) bond motifs is 5. The highest BCUT2D eigenvalue weighted by atomic mass is 16.6. The maximum Gasteiger partial charge on any atom is 0.0948 e. The quantitative estimate of drug-likeness (QED) is 0.637. The zero-order valence-corrected chi connectivity index (χ0v) is 8.58. The summed E-state index contributed by atoms with van der Waals surface area (Å²) in [4.78, 5) is 0. The molecule has 0 aromatic rings. The second-order valence-electron chi connectivity index (χ2n) is 5.70. The average Bonchev–Trinajstić information content (AvgIpc) is 2.77. The third kappa shape index (κ3) is 0.938. The van der Waals surface area contributed by atoms with Gasteiger partial charge in [-0.05, 0) is 50.9 Å². The van der Waals surface area contributed by atoms with Gasteiger partial charge in [0.15, 0.2) is 0 Å². The first-order valence-electron chi connectivity index (χ1n) is 6.17. The molecule has 0 N–H and O–H groups in total. The van der Waals surface area contributed by atoms with Crippen LogP contribution >= 0.6 is 0 Å². The van der Waals surface area contributed by atoms with E-state index in [1.54, 1.807) is 0 Å². The maximum atomic E-state index is 6.14. The molecular weight excluding hydrogens is 176 g/mol. The van der Waals surface area contributed by atoms with Crippen molar-refractivity contribution in [2.24, 2.45) is 5.92 Å². The van der Waals surface area contributed by atoms with Gasteiger partial charge in [-0.1, -0.05) is 0 Å². The van der Waals surface area contributed by atoms with Gasteiger partial charge in [0.25, 0.3) is 0 Å². The fourth-order valence-electron chi connectivity index (χ4n) is 3.95. The summed E-state index contributed by atoms with van der Waals surface area (Å²) in [7, 11) is 0. The standard InChI is InChI=1S/C12H18O2/c1-3-12(4-2-9(1)14-12)11-7-8-5-10(6-8)13-11/h8-11H,1-7H2. The topological polar surface area (TPSA) is 18.5 Å². The molecule has 5 fully saturated rings. The molecule has 14 heavy (non-hydrogen) atoms. The Hall–Kier alpha value is -0.0800. The summed E-state index contributed by atoms with van der Waals surface area (Å²) in [6.45, 7) is 0. The molecule has 0 aromatic heterocycles. The van der Waals surface area contributed by atoms with E-state index in [0.29, 0.717) is 18.3 Å². The normalized spacial score (nSPS) is 60.0. The summed E-state index contributed by atoms with van der Waals surface area (Å²) in [6, 6.07) is 0. The lowest BCUT2D eigenvalue weighted by Crippen LogP contribution is -2.53. The maximum absolute atomic E-state index is 6.14. The molecule has 4 aliphatic heterocycles. The average molecular weight is 194 g/mol. The van der Waals surface area contributed by atoms with Gasteiger partial charge in [-0.3, -0.25) is 0 Å². The van der Waals surface area contributed by atoms with Gasteiger partial charge in [0, 0.05) is 0 Å². The predicted octanol–water partition coefficient (Wildman–Crippen LogP) is 2.27. The summed E-state index contributed by atoms with van der Waals surface area (Å²) in [6.07, 6.45) is 10.7. The van der Waals surface area contributed by atoms with Crippen LogP contribution in [0.2, 0.25) is 0 Å². The van der Waals surface area contributed by atoms with Crippen LogP contribution in [-0.2, 0) is 9.47 Å². The molecule has 4 heterocycles. The minimum absolute atomic E-state index is 0.169. The van der Waals surface area contributed by atoms with Gasteiger partial charge >= 0.3 is 0 Å². The Bertz CT molecular complexity index is 239. The third-order valence-electron chi connectivity index (χ3n) is 4.86. The smallest absolute Gasteiger partial charge is 0.0948 e. The summed E-state index contributed by atoms with van der Waals surface area (Å²) in [5, 5.41) is 0. The van der Waals surface area contributed by atoms with Crippen LogP contribution in [0.25, 0.3) is 0 Å². The van der Waals surface area contributed by atoms with Crippen LogP contribution in [0.15, 0.2) is 0 Å². The van der Waals surface area contributed by atoms with Gasteiger partial charge in [0.05, 0.1) is 23.9 Å². The van der Waals surface area contributed by atoms with Crippen LogP contribution < -0.4 is 0 Å². The number of ether oxygens (including phenoxy) is 2. The van der Waals surface area contributed by atoms with Crippen molar-refractivity contribution in [1.82, 2.24) is 0 Å². The lowest BCUT2D eigenvalue weighted by atomic mass is 9.70. The lowest BCUT2D eigenvalue weighted by Gasteiger charge is -2.50. The monoisotopic (exact) mass is 194 g/mol. The molecule has 5 rings (SSSR count). The van der Waals surface area contributed by atoms with E-state index < -0.39 is 0 Å². The van der Waals surface area contributed by atoms with Crippen LogP contribution in [0.4, 0.5) is 0 Å². The van der Waals surface area contributed by atoms with Crippen molar-refractivity contribution in [2.45, 2.75) is 68.9 Å². The van der Waals surface area contributed by atoms with E-state index in [4.69, 9.17) is 9.47 Å². The Balaban J connectivity index is 1.57. The molecule has 5 aliphatic rings. The molecule has 0 spiro atoms. The molecule has 0 radical (unpaired) electrons. The van der Waals surface area contributed by atoms with Crippen LogP contribution in [-0.4, -0.2) is 23.9 Å². The van der Waals surface area contributed by atoms with Crippen molar-refractivity contribution in [1.29, 1.82) is 0 Å². The molecule has 2 heteroatoms. The largest absolute Gasteiger partial charge is 0.372 e. The van der Waals surface area contributed by atoms with E-state index in [1.807, 2.05) is 0 Å². The zero-order valence-electron chi connectivity index (χ0n) is 8.58. The minimum Gasteiger partial charge on any atom is -0.372 e. The van der Waals surface area contributed by atoms with Gasteiger partial charge in [-0.2, -0.15) is 0 Å². The predicted molar refractivity (Wildman–Crippen MR) is 52.1 cm³/mol. The van der Waals surface area contributed by atoms with E-state index in [-0.39, 0.29) is 5.60 Å². The minimum atomic E-state index is 0.169. The van der Waals surface area contributed by atoms with E-state index in [1.165, 1.54) is 44.9 Å². The molecule has 78 valence electrons. The van der Waals surface area contributed by atoms with Crippen LogP contribution in [0.3, 0.4) is 0 Å². The van der Waals surface area contributed by atoms with Crippen molar-refractivity contribution in [3.63, 3.8) is 0 Å². The molecule has 4 bridgehead atoms. The zero-order chi connectivity index (χ0) is 9.17. The third-order valence-corrected chi connectivity index (χ3v) is 4.86. The molecule has 0 aromatic carbocycles. The Morgan fingerprint density at radius 2 is 1.71 bits per heavy atom. The van der Waals surface area contributed by atoms with Crippen LogP contribution in [0.1, 0.15) is 44.9 Å². The number of hydrogen-bond donors (Lipinski definition) is 0. The highest BCUT2D eigenvalue weighted by Gasteiger charge is 2.55. The summed E-state index contributed by atoms with van der Waals surface area (Å²) >= 11 is 0. The molecule has 1 unspecified atom stereocenters. The first kappa shape index (κ1) is 8.12. The van der Waals surface area contributed by atoms with Crippen molar-refractivity contribution in [2.75, 3.05) is 0 Å². The SMILES string of the molecule is C1C2CC1OC(C13CCC(CC1)O3)C2. The molecule has 2 nitrogen and oxygen atoms in total. The first-order valence-corrected chi connectivity index (χ1v) is 6.17. The van der Waals surface area contributed by atoms with E-state index in [0.717, 1.165) is 5.92 Å². The lowest BCUT2D eigenvalue weighted by molar-refractivity contribution is -0.207. The van der Waals surface area contributed by atoms with E-state index in [9.17, 15) is 0 Å². The number of hydrogen-bond acceptors (Lipinski definition) is 2. The summed E-state index contributed by atoms with van der Waals surface area (Å²) in [5.41, 5.74) is 0.169. The van der Waals surface area contributed by atoms with E-state index >= 15 is 0 Å². The fraction of sp³-hybridized carbons (Fsp3) is 1.00. The van der Waals surface area contributed by atoms with Gasteiger partial charge < -0.3 is 9.47 Å². The Labute approximate surface area is 85.0 Å². The van der Waals surface area contributed by atoms with Crippen molar-refractivity contribution in [3.8, 4) is 0 Å². The molecule has 1 atom stereocenters. The molecule has 1 saturated carbocycles. The Morgan fingerprint density at radius 1 is 0.929 bits per heavy atom. The van der Waals surface area contributed by atoms with Gasteiger partial charge in [-0.25, -0.2) is 0 Å². The van der Waals surface area contributed by atoms with Gasteiger partial charge in [0.2, 0.25) is 0 Å². The first-order chi connectivity index (χ1) is 6.84. The fourth-order valence-corrected chi connectivity index (χ4v) is 3.95. The Kier molecular flexibility index (Phi) is 1.47. The van der Waals surface area contributed by atoms with Crippen molar-refractivity contribution in [3.05, 3.63) is 0 Å². The van der Waals surface area contributed by atoms with Crippen molar-refractivity contribution >= 4 is 0 Å². The molecule has 0 amide bonds. The molecule has 4 saturated heterocycles. The Morgan fingerprint density at radius 3 is 2.21 bits per heavy atom.